The summed E-state index contributed by atoms with van der Waals surface area (Å²) >= 11 is 0. The van der Waals surface area contributed by atoms with Gasteiger partial charge in [0.25, 0.3) is 0 Å². The van der Waals surface area contributed by atoms with Crippen molar-refractivity contribution in [3.63, 3.8) is 0 Å². The Hall–Kier alpha value is -1.99. The number of halogens is 4. The number of aliphatic imine (C=N–C) groups is 1. The van der Waals surface area contributed by atoms with E-state index in [0.717, 1.165) is 5.56 Å². The predicted octanol–water partition coefficient (Wildman–Crippen LogP) is 2.49. The number of nitrogens with zero attached hydrogens (tertiary/aromatic N) is 4. The first-order valence-corrected chi connectivity index (χ1v) is 8.84. The molecular formula is C17H25F3IN5O3. The van der Waals surface area contributed by atoms with Gasteiger partial charge in [0.05, 0.1) is 6.61 Å². The lowest BCUT2D eigenvalue weighted by molar-refractivity contribution is -0.154. The Bertz CT molecular complexity index is 665. The Morgan fingerprint density at radius 1 is 1.24 bits per heavy atom. The van der Waals surface area contributed by atoms with Gasteiger partial charge >= 0.3 is 12.3 Å². The molecule has 2 heterocycles. The Balaban J connectivity index is 0.00000420. The molecule has 0 atom stereocenters. The predicted molar refractivity (Wildman–Crippen MR) is 112 cm³/mol. The largest absolute Gasteiger partial charge is 0.468 e. The number of pyridine rings is 1. The molecule has 8 nitrogen and oxygen atoms in total. The zero-order valence-corrected chi connectivity index (χ0v) is 18.6. The summed E-state index contributed by atoms with van der Waals surface area (Å²) in [6.45, 7) is 3.43. The van der Waals surface area contributed by atoms with E-state index < -0.39 is 12.8 Å². The van der Waals surface area contributed by atoms with E-state index in [1.165, 1.54) is 12.3 Å². The highest BCUT2D eigenvalue weighted by molar-refractivity contribution is 14.0. The molecule has 29 heavy (non-hydrogen) atoms. The zero-order valence-electron chi connectivity index (χ0n) is 16.2. The first kappa shape index (κ1) is 25.0. The van der Waals surface area contributed by atoms with Crippen LogP contribution in [0.3, 0.4) is 0 Å². The molecule has 0 spiro atoms. The Morgan fingerprint density at radius 2 is 1.90 bits per heavy atom. The molecule has 1 saturated heterocycles. The maximum Gasteiger partial charge on any atom is 0.422 e. The summed E-state index contributed by atoms with van der Waals surface area (Å²) in [7, 11) is 1.66. The molecule has 0 aromatic carbocycles. The number of aromatic nitrogens is 1. The van der Waals surface area contributed by atoms with Gasteiger partial charge in [0.2, 0.25) is 5.88 Å². The van der Waals surface area contributed by atoms with Gasteiger partial charge in [-0.2, -0.15) is 13.2 Å². The van der Waals surface area contributed by atoms with Gasteiger partial charge in [-0.05, 0) is 12.5 Å². The van der Waals surface area contributed by atoms with Crippen LogP contribution in [0.5, 0.6) is 5.88 Å². The van der Waals surface area contributed by atoms with Crippen LogP contribution in [0.25, 0.3) is 0 Å². The summed E-state index contributed by atoms with van der Waals surface area (Å²) in [6.07, 6.45) is -3.26. The summed E-state index contributed by atoms with van der Waals surface area (Å²) < 4.78 is 46.0. The van der Waals surface area contributed by atoms with Crippen LogP contribution in [0.2, 0.25) is 0 Å². The summed E-state index contributed by atoms with van der Waals surface area (Å²) in [5, 5.41) is 3.18. The van der Waals surface area contributed by atoms with Crippen molar-refractivity contribution in [2.75, 3.05) is 46.4 Å². The maximum atomic E-state index is 12.1. The van der Waals surface area contributed by atoms with Crippen LogP contribution < -0.4 is 10.1 Å². The fourth-order valence-electron chi connectivity index (χ4n) is 2.59. The van der Waals surface area contributed by atoms with Gasteiger partial charge in [-0.25, -0.2) is 9.78 Å². The number of hydrogen-bond acceptors (Lipinski definition) is 5. The first-order chi connectivity index (χ1) is 13.3. The SMILES string of the molecule is CCOC(=O)N1CCN(C(=NC)NCc2ccc(OCC(F)(F)F)nc2)CC1.I. The van der Waals surface area contributed by atoms with Gasteiger partial charge < -0.3 is 24.6 Å². The second kappa shape index (κ2) is 11.9. The summed E-state index contributed by atoms with van der Waals surface area (Å²) in [5.41, 5.74) is 0.769. The van der Waals surface area contributed by atoms with Crippen LogP contribution in [0.4, 0.5) is 18.0 Å². The molecule has 12 heteroatoms. The first-order valence-electron chi connectivity index (χ1n) is 8.84. The quantitative estimate of drug-likeness (QED) is 0.358. The van der Waals surface area contributed by atoms with E-state index in [1.54, 1.807) is 24.9 Å². The lowest BCUT2D eigenvalue weighted by Crippen LogP contribution is -2.53. The molecule has 0 radical (unpaired) electrons. The number of guanidine groups is 1. The van der Waals surface area contributed by atoms with Gasteiger partial charge in [0, 0.05) is 52.0 Å². The van der Waals surface area contributed by atoms with Gasteiger partial charge in [0.15, 0.2) is 12.6 Å². The van der Waals surface area contributed by atoms with Crippen LogP contribution in [-0.2, 0) is 11.3 Å². The average Bonchev–Trinajstić information content (AvgIpc) is 2.68. The number of nitrogens with one attached hydrogen (secondary N) is 1. The molecule has 2 rings (SSSR count). The molecule has 1 N–H and O–H groups in total. The monoisotopic (exact) mass is 531 g/mol. The van der Waals surface area contributed by atoms with Crippen LogP contribution in [0.1, 0.15) is 12.5 Å². The van der Waals surface area contributed by atoms with E-state index in [-0.39, 0.29) is 35.9 Å². The lowest BCUT2D eigenvalue weighted by Gasteiger charge is -2.35. The average molecular weight is 531 g/mol. The number of hydrogen-bond donors (Lipinski definition) is 1. The van der Waals surface area contributed by atoms with E-state index >= 15 is 0 Å². The number of alkyl halides is 3. The number of amides is 1. The summed E-state index contributed by atoms with van der Waals surface area (Å²) in [6, 6.07) is 3.03. The van der Waals surface area contributed by atoms with Gasteiger partial charge in [-0.3, -0.25) is 4.99 Å². The number of piperazine rings is 1. The third-order valence-electron chi connectivity index (χ3n) is 3.95. The number of carbonyl (C=O) groups is 1. The molecular weight excluding hydrogens is 506 g/mol. The van der Waals surface area contributed by atoms with E-state index in [1.807, 2.05) is 4.90 Å². The number of ether oxygens (including phenoxy) is 2. The van der Waals surface area contributed by atoms with Crippen LogP contribution >= 0.6 is 24.0 Å². The van der Waals surface area contributed by atoms with E-state index in [4.69, 9.17) is 4.74 Å². The van der Waals surface area contributed by atoms with Gasteiger partial charge in [-0.1, -0.05) is 6.07 Å². The second-order valence-corrected chi connectivity index (χ2v) is 5.98. The molecule has 1 aliphatic rings. The Kier molecular flexibility index (Phi) is 10.3. The van der Waals surface area contributed by atoms with Crippen LogP contribution in [-0.4, -0.2) is 79.5 Å². The van der Waals surface area contributed by atoms with Gasteiger partial charge in [-0.15, -0.1) is 24.0 Å². The zero-order chi connectivity index (χ0) is 20.6. The van der Waals surface area contributed by atoms with Crippen molar-refractivity contribution in [2.45, 2.75) is 19.6 Å². The standard InChI is InChI=1S/C17H24F3N5O3.HI/c1-3-27-16(26)25-8-6-24(7-9-25)15(21-2)23-11-13-4-5-14(22-10-13)28-12-17(18,19)20;/h4-5,10H,3,6-9,11-12H2,1-2H3,(H,21,23);1H. The molecule has 1 amide bonds. The minimum atomic E-state index is -4.40. The van der Waals surface area contributed by atoms with Crippen molar-refractivity contribution >= 4 is 36.0 Å². The third-order valence-corrected chi connectivity index (χ3v) is 3.95. The summed E-state index contributed by atoms with van der Waals surface area (Å²) in [5.74, 6) is 0.585. The summed E-state index contributed by atoms with van der Waals surface area (Å²) in [4.78, 5) is 23.5. The fraction of sp³-hybridized carbons (Fsp3) is 0.588. The molecule has 1 fully saturated rings. The van der Waals surface area contributed by atoms with Crippen LogP contribution in [0.15, 0.2) is 23.3 Å². The van der Waals surface area contributed by atoms with Crippen molar-refractivity contribution in [2.24, 2.45) is 4.99 Å². The van der Waals surface area contributed by atoms with E-state index in [0.29, 0.717) is 45.3 Å². The molecule has 1 aromatic heterocycles. The maximum absolute atomic E-state index is 12.1. The van der Waals surface area contributed by atoms with Crippen molar-refractivity contribution < 1.29 is 27.4 Å². The molecule has 1 aromatic rings. The highest BCUT2D eigenvalue weighted by Gasteiger charge is 2.28. The molecule has 0 bridgehead atoms. The topological polar surface area (TPSA) is 79.3 Å². The Labute approximate surface area is 184 Å². The fourth-order valence-corrected chi connectivity index (χ4v) is 2.59. The van der Waals surface area contributed by atoms with Crippen molar-refractivity contribution in [3.05, 3.63) is 23.9 Å². The highest BCUT2D eigenvalue weighted by Crippen LogP contribution is 2.17. The van der Waals surface area contributed by atoms with Crippen molar-refractivity contribution in [3.8, 4) is 5.88 Å². The minimum absolute atomic E-state index is 0. The smallest absolute Gasteiger partial charge is 0.422 e. The number of carbonyl (C=O) groups excluding carboxylic acids is 1. The second-order valence-electron chi connectivity index (χ2n) is 5.98. The molecule has 0 aliphatic carbocycles. The minimum Gasteiger partial charge on any atom is -0.468 e. The molecule has 164 valence electrons. The Morgan fingerprint density at radius 3 is 2.41 bits per heavy atom. The highest BCUT2D eigenvalue weighted by atomic mass is 127. The van der Waals surface area contributed by atoms with Crippen molar-refractivity contribution in [1.29, 1.82) is 0 Å². The number of rotatable bonds is 5. The third kappa shape index (κ3) is 8.50. The van der Waals surface area contributed by atoms with E-state index in [2.05, 4.69) is 20.0 Å². The molecule has 0 saturated carbocycles. The van der Waals surface area contributed by atoms with Gasteiger partial charge in [0.1, 0.15) is 0 Å². The van der Waals surface area contributed by atoms with Crippen molar-refractivity contribution in [1.82, 2.24) is 20.1 Å². The van der Waals surface area contributed by atoms with E-state index in [9.17, 15) is 18.0 Å². The normalized spacial score (nSPS) is 14.9. The molecule has 0 unspecified atom stereocenters. The van der Waals surface area contributed by atoms with Crippen LogP contribution in [0, 0.1) is 0 Å². The lowest BCUT2D eigenvalue weighted by atomic mass is 10.3. The molecule has 1 aliphatic heterocycles.